The molecule has 114 valence electrons. The second-order valence-electron chi connectivity index (χ2n) is 4.48. The van der Waals surface area contributed by atoms with Crippen LogP contribution < -0.4 is 9.47 Å². The van der Waals surface area contributed by atoms with E-state index in [0.717, 1.165) is 5.56 Å². The first kappa shape index (κ1) is 15.9. The van der Waals surface area contributed by atoms with Crippen molar-refractivity contribution in [1.82, 2.24) is 0 Å². The van der Waals surface area contributed by atoms with Crippen LogP contribution in [0.3, 0.4) is 0 Å². The molecule has 5 heteroatoms. The number of halogens is 1. The largest absolute Gasteiger partial charge is 0.493 e. The number of hydrogen-bond acceptors (Lipinski definition) is 3. The van der Waals surface area contributed by atoms with E-state index < -0.39 is 5.97 Å². The first-order valence-corrected chi connectivity index (χ1v) is 6.86. The standard InChI is InChI=1S/C17H15ClO4/c1-21-15-8-5-12(10-16(15)22-2)14(17(19)20)9-11-3-6-13(18)7-4-11/h3-10H,1-2H3,(H,19,20)/b14-9-. The highest BCUT2D eigenvalue weighted by Crippen LogP contribution is 2.31. The van der Waals surface area contributed by atoms with Gasteiger partial charge >= 0.3 is 5.97 Å². The molecule has 0 aliphatic carbocycles. The number of benzene rings is 2. The Morgan fingerprint density at radius 1 is 1.05 bits per heavy atom. The number of carbonyl (C=O) groups is 1. The number of aliphatic carboxylic acids is 1. The predicted octanol–water partition coefficient (Wildman–Crippen LogP) is 3.98. The molecular weight excluding hydrogens is 304 g/mol. The quantitative estimate of drug-likeness (QED) is 0.669. The average molecular weight is 319 g/mol. The van der Waals surface area contributed by atoms with Crippen molar-refractivity contribution in [3.8, 4) is 11.5 Å². The predicted molar refractivity (Wildman–Crippen MR) is 86.5 cm³/mol. The fourth-order valence-corrected chi connectivity index (χ4v) is 2.12. The molecule has 0 aromatic heterocycles. The highest BCUT2D eigenvalue weighted by molar-refractivity contribution is 6.30. The van der Waals surface area contributed by atoms with Gasteiger partial charge in [0, 0.05) is 5.02 Å². The molecule has 2 aromatic rings. The molecule has 2 rings (SSSR count). The van der Waals surface area contributed by atoms with Gasteiger partial charge in [-0.25, -0.2) is 4.79 Å². The van der Waals surface area contributed by atoms with Crippen LogP contribution in [0.2, 0.25) is 5.02 Å². The summed E-state index contributed by atoms with van der Waals surface area (Å²) in [4.78, 5) is 11.6. The summed E-state index contributed by atoms with van der Waals surface area (Å²) in [6.07, 6.45) is 1.58. The van der Waals surface area contributed by atoms with Crippen molar-refractivity contribution in [2.45, 2.75) is 0 Å². The van der Waals surface area contributed by atoms with Gasteiger partial charge in [0.25, 0.3) is 0 Å². The van der Waals surface area contributed by atoms with Gasteiger partial charge in [-0.15, -0.1) is 0 Å². The molecular formula is C17H15ClO4. The molecule has 1 N–H and O–H groups in total. The third kappa shape index (κ3) is 3.59. The van der Waals surface area contributed by atoms with E-state index in [2.05, 4.69) is 0 Å². The van der Waals surface area contributed by atoms with Crippen LogP contribution in [0.25, 0.3) is 11.6 Å². The summed E-state index contributed by atoms with van der Waals surface area (Å²) in [5.41, 5.74) is 1.43. The van der Waals surface area contributed by atoms with Crippen LogP contribution in [0.4, 0.5) is 0 Å². The van der Waals surface area contributed by atoms with Crippen molar-refractivity contribution >= 4 is 29.2 Å². The molecule has 0 atom stereocenters. The number of carboxylic acid groups (broad SMARTS) is 1. The summed E-state index contributed by atoms with van der Waals surface area (Å²) in [5, 5.41) is 10.1. The Hall–Kier alpha value is -2.46. The molecule has 22 heavy (non-hydrogen) atoms. The average Bonchev–Trinajstić information content (AvgIpc) is 2.53. The number of methoxy groups -OCH3 is 2. The van der Waals surface area contributed by atoms with E-state index >= 15 is 0 Å². The molecule has 0 unspecified atom stereocenters. The van der Waals surface area contributed by atoms with Gasteiger partial charge in [0.15, 0.2) is 11.5 Å². The van der Waals surface area contributed by atoms with Gasteiger partial charge in [-0.3, -0.25) is 0 Å². The van der Waals surface area contributed by atoms with E-state index in [1.54, 1.807) is 48.5 Å². The van der Waals surface area contributed by atoms with Gasteiger partial charge in [0.1, 0.15) is 0 Å². The molecule has 0 fully saturated rings. The molecule has 0 spiro atoms. The van der Waals surface area contributed by atoms with E-state index in [1.165, 1.54) is 14.2 Å². The minimum absolute atomic E-state index is 0.156. The van der Waals surface area contributed by atoms with Crippen LogP contribution in [0, 0.1) is 0 Å². The minimum Gasteiger partial charge on any atom is -0.493 e. The number of carboxylic acids is 1. The maximum Gasteiger partial charge on any atom is 0.336 e. The summed E-state index contributed by atoms with van der Waals surface area (Å²) < 4.78 is 10.4. The zero-order valence-corrected chi connectivity index (χ0v) is 12.9. The lowest BCUT2D eigenvalue weighted by Crippen LogP contribution is -2.01. The zero-order chi connectivity index (χ0) is 16.1. The molecule has 0 amide bonds. The van der Waals surface area contributed by atoms with E-state index in [1.807, 2.05) is 0 Å². The molecule has 0 aliphatic rings. The summed E-state index contributed by atoms with van der Waals surface area (Å²) in [5.74, 6) is -0.00657. The van der Waals surface area contributed by atoms with E-state index in [0.29, 0.717) is 22.1 Å². The smallest absolute Gasteiger partial charge is 0.336 e. The fourth-order valence-electron chi connectivity index (χ4n) is 2.00. The first-order chi connectivity index (χ1) is 10.5. The Morgan fingerprint density at radius 3 is 2.23 bits per heavy atom. The fraction of sp³-hybridized carbons (Fsp3) is 0.118. The van der Waals surface area contributed by atoms with Gasteiger partial charge in [0.2, 0.25) is 0 Å². The van der Waals surface area contributed by atoms with Gasteiger partial charge in [0.05, 0.1) is 19.8 Å². The Balaban J connectivity index is 2.48. The topological polar surface area (TPSA) is 55.8 Å². The minimum atomic E-state index is -1.03. The monoisotopic (exact) mass is 318 g/mol. The number of ether oxygens (including phenoxy) is 2. The van der Waals surface area contributed by atoms with Crippen molar-refractivity contribution < 1.29 is 19.4 Å². The zero-order valence-electron chi connectivity index (χ0n) is 12.2. The van der Waals surface area contributed by atoms with Crippen molar-refractivity contribution in [1.29, 1.82) is 0 Å². The van der Waals surface area contributed by atoms with Crippen molar-refractivity contribution in [2.75, 3.05) is 14.2 Å². The van der Waals surface area contributed by atoms with E-state index in [-0.39, 0.29) is 5.57 Å². The van der Waals surface area contributed by atoms with Gasteiger partial charge in [-0.2, -0.15) is 0 Å². The lowest BCUT2D eigenvalue weighted by Gasteiger charge is -2.10. The Kier molecular flexibility index (Phi) is 5.07. The van der Waals surface area contributed by atoms with Gasteiger partial charge in [-0.1, -0.05) is 29.8 Å². The molecule has 0 heterocycles. The molecule has 0 radical (unpaired) electrons. The van der Waals surface area contributed by atoms with Gasteiger partial charge in [-0.05, 0) is 41.5 Å². The van der Waals surface area contributed by atoms with Gasteiger partial charge < -0.3 is 14.6 Å². The molecule has 0 bridgehead atoms. The van der Waals surface area contributed by atoms with Crippen LogP contribution in [0.1, 0.15) is 11.1 Å². The highest BCUT2D eigenvalue weighted by Gasteiger charge is 2.13. The van der Waals surface area contributed by atoms with Crippen molar-refractivity contribution in [3.05, 3.63) is 58.6 Å². The maximum atomic E-state index is 11.6. The number of hydrogen-bond donors (Lipinski definition) is 1. The highest BCUT2D eigenvalue weighted by atomic mass is 35.5. The Morgan fingerprint density at radius 2 is 1.68 bits per heavy atom. The van der Waals surface area contributed by atoms with E-state index in [4.69, 9.17) is 21.1 Å². The number of rotatable bonds is 5. The third-order valence-corrected chi connectivity index (χ3v) is 3.36. The summed E-state index contributed by atoms with van der Waals surface area (Å²) in [6, 6.07) is 11.9. The summed E-state index contributed by atoms with van der Waals surface area (Å²) >= 11 is 5.83. The van der Waals surface area contributed by atoms with Crippen LogP contribution >= 0.6 is 11.6 Å². The maximum absolute atomic E-state index is 11.6. The van der Waals surface area contributed by atoms with Crippen LogP contribution in [0.5, 0.6) is 11.5 Å². The normalized spacial score (nSPS) is 11.1. The summed E-state index contributed by atoms with van der Waals surface area (Å²) in [6.45, 7) is 0. The Bertz CT molecular complexity index is 705. The van der Waals surface area contributed by atoms with Crippen molar-refractivity contribution in [3.63, 3.8) is 0 Å². The molecule has 4 nitrogen and oxygen atoms in total. The third-order valence-electron chi connectivity index (χ3n) is 3.11. The van der Waals surface area contributed by atoms with Crippen molar-refractivity contribution in [2.24, 2.45) is 0 Å². The first-order valence-electron chi connectivity index (χ1n) is 6.48. The SMILES string of the molecule is COc1ccc(/C(=C/c2ccc(Cl)cc2)C(=O)O)cc1OC. The molecule has 0 aliphatic heterocycles. The van der Waals surface area contributed by atoms with E-state index in [9.17, 15) is 9.90 Å². The lowest BCUT2D eigenvalue weighted by atomic mass is 10.0. The van der Waals surface area contributed by atoms with Crippen LogP contribution in [-0.2, 0) is 4.79 Å². The molecule has 0 saturated carbocycles. The lowest BCUT2D eigenvalue weighted by molar-refractivity contribution is -0.130. The Labute approximate surface area is 133 Å². The molecule has 2 aromatic carbocycles. The van der Waals surface area contributed by atoms with Crippen LogP contribution in [0.15, 0.2) is 42.5 Å². The summed E-state index contributed by atoms with van der Waals surface area (Å²) in [7, 11) is 3.03. The molecule has 0 saturated heterocycles. The second kappa shape index (κ2) is 7.00. The van der Waals surface area contributed by atoms with Crippen LogP contribution in [-0.4, -0.2) is 25.3 Å². The second-order valence-corrected chi connectivity index (χ2v) is 4.92.